The van der Waals surface area contributed by atoms with Gasteiger partial charge in [-0.2, -0.15) is 0 Å². The number of hydrogen-bond acceptors (Lipinski definition) is 6. The van der Waals surface area contributed by atoms with Crippen LogP contribution < -0.4 is 16.0 Å². The van der Waals surface area contributed by atoms with Gasteiger partial charge in [-0.15, -0.1) is 0 Å². The number of nitrogens with one attached hydrogen (secondary N) is 3. The highest BCUT2D eigenvalue weighted by molar-refractivity contribution is 5.94. The van der Waals surface area contributed by atoms with Crippen molar-refractivity contribution in [2.45, 2.75) is 58.4 Å². The van der Waals surface area contributed by atoms with Crippen molar-refractivity contribution in [2.24, 2.45) is 0 Å². The molecule has 0 spiro atoms. The third kappa shape index (κ3) is 13.2. The molecule has 0 bridgehead atoms. The highest BCUT2D eigenvalue weighted by atomic mass is 16.2. The number of rotatable bonds is 15. The zero-order valence-corrected chi connectivity index (χ0v) is 17.9. The number of nitrogens with zero attached hydrogens (tertiary/aromatic N) is 1. The van der Waals surface area contributed by atoms with Gasteiger partial charge in [-0.05, 0) is 19.8 Å². The summed E-state index contributed by atoms with van der Waals surface area (Å²) in [6.07, 6.45) is 4.25. The number of Topliss-reactive ketones (excluding diaryl/α,β-unsaturated/α-hetero) is 1. The van der Waals surface area contributed by atoms with Crippen molar-refractivity contribution in [3.63, 3.8) is 0 Å². The smallest absolute Gasteiger partial charge is 0.257 e. The molecule has 0 heterocycles. The second kappa shape index (κ2) is 15.9. The van der Waals surface area contributed by atoms with Crippen molar-refractivity contribution in [2.75, 3.05) is 26.7 Å². The Labute approximate surface area is 176 Å². The molecule has 0 aliphatic rings. The Balaban J connectivity index is 4.57. The Morgan fingerprint density at radius 2 is 1.70 bits per heavy atom. The fourth-order valence-electron chi connectivity index (χ4n) is 2.46. The van der Waals surface area contributed by atoms with E-state index >= 15 is 0 Å². The van der Waals surface area contributed by atoms with Crippen LogP contribution >= 0.6 is 0 Å². The lowest BCUT2D eigenvalue weighted by molar-refractivity contribution is -0.131. The minimum Gasteiger partial charge on any atom is -0.348 e. The molecule has 0 aliphatic carbocycles. The quantitative estimate of drug-likeness (QED) is 0.184. The first-order valence-electron chi connectivity index (χ1n) is 10.00. The summed E-state index contributed by atoms with van der Waals surface area (Å²) in [5.74, 6) is -0.597. The van der Waals surface area contributed by atoms with Crippen LogP contribution in [0.1, 0.15) is 52.4 Å². The van der Waals surface area contributed by atoms with Crippen LogP contribution in [0.15, 0.2) is 6.08 Å². The zero-order chi connectivity index (χ0) is 22.9. The van der Waals surface area contributed by atoms with Gasteiger partial charge in [-0.1, -0.05) is 26.2 Å². The molecule has 0 fully saturated rings. The Hall–Kier alpha value is -3.00. The molecule has 10 nitrogen and oxygen atoms in total. The summed E-state index contributed by atoms with van der Waals surface area (Å²) in [4.78, 5) is 70.0. The lowest BCUT2D eigenvalue weighted by Gasteiger charge is -2.19. The fraction of sp³-hybridized carbons (Fsp3) is 0.650. The first-order chi connectivity index (χ1) is 14.2. The number of ketones is 1. The molecular formula is C20H32N4O6. The molecule has 4 amide bonds. The van der Waals surface area contributed by atoms with Gasteiger partial charge in [-0.3, -0.25) is 24.0 Å². The summed E-state index contributed by atoms with van der Waals surface area (Å²) in [7, 11) is 1.51. The molecule has 0 unspecified atom stereocenters. The van der Waals surface area contributed by atoms with Crippen LogP contribution in [0.4, 0.5) is 0 Å². The van der Waals surface area contributed by atoms with Crippen molar-refractivity contribution < 1.29 is 28.8 Å². The van der Waals surface area contributed by atoms with Gasteiger partial charge in [-0.25, -0.2) is 4.79 Å². The highest BCUT2D eigenvalue weighted by Gasteiger charge is 2.21. The zero-order valence-electron chi connectivity index (χ0n) is 17.9. The van der Waals surface area contributed by atoms with Gasteiger partial charge < -0.3 is 20.9 Å². The summed E-state index contributed by atoms with van der Waals surface area (Å²) in [5.41, 5.74) is 0. The molecule has 1 atom stereocenters. The molecule has 10 heteroatoms. The SMILES string of the molecule is CCCCC[C@H](NC(=O)CCCN(C)C(=O)C=C=O)C(=O)NCC(=O)NCC(C)=O. The summed E-state index contributed by atoms with van der Waals surface area (Å²) < 4.78 is 0. The van der Waals surface area contributed by atoms with Gasteiger partial charge in [0.25, 0.3) is 5.91 Å². The summed E-state index contributed by atoms with van der Waals surface area (Å²) in [6, 6.07) is -0.776. The second-order valence-electron chi connectivity index (χ2n) is 6.94. The number of amides is 4. The molecule has 0 saturated heterocycles. The largest absolute Gasteiger partial charge is 0.348 e. The van der Waals surface area contributed by atoms with Crippen LogP contribution in [0.2, 0.25) is 0 Å². The molecule has 0 aromatic heterocycles. The highest BCUT2D eigenvalue weighted by Crippen LogP contribution is 2.05. The number of unbranched alkanes of at least 4 members (excludes halogenated alkanes) is 2. The van der Waals surface area contributed by atoms with Crippen LogP contribution in [-0.2, 0) is 28.8 Å². The van der Waals surface area contributed by atoms with E-state index in [1.807, 2.05) is 6.92 Å². The first kappa shape index (κ1) is 27.0. The molecule has 168 valence electrons. The standard InChI is InChI=1S/C20H32N4O6/c1-4-5-6-8-16(20(30)22-14-18(28)21-13-15(2)26)23-17(27)9-7-11-24(3)19(29)10-12-25/h10,16H,4-9,11,13-14H2,1-3H3,(H,21,28)(H,22,30)(H,23,27)/t16-/m0/s1. The van der Waals surface area contributed by atoms with E-state index in [2.05, 4.69) is 16.0 Å². The maximum atomic E-state index is 12.4. The normalized spacial score (nSPS) is 10.9. The van der Waals surface area contributed by atoms with Gasteiger partial charge in [0, 0.05) is 20.0 Å². The summed E-state index contributed by atoms with van der Waals surface area (Å²) in [6.45, 7) is 3.23. The van der Waals surface area contributed by atoms with E-state index in [9.17, 15) is 28.8 Å². The maximum Gasteiger partial charge on any atom is 0.257 e. The van der Waals surface area contributed by atoms with Crippen molar-refractivity contribution in [3.8, 4) is 0 Å². The summed E-state index contributed by atoms with van der Waals surface area (Å²) >= 11 is 0. The Bertz CT molecular complexity index is 658. The minimum atomic E-state index is -0.776. The van der Waals surface area contributed by atoms with Gasteiger partial charge in [0.1, 0.15) is 17.8 Å². The summed E-state index contributed by atoms with van der Waals surface area (Å²) in [5, 5.41) is 7.52. The second-order valence-corrected chi connectivity index (χ2v) is 6.94. The predicted octanol–water partition coefficient (Wildman–Crippen LogP) is -0.501. The van der Waals surface area contributed by atoms with Crippen LogP contribution in [-0.4, -0.2) is 73.0 Å². The molecule has 0 aliphatic heterocycles. The minimum absolute atomic E-state index is 0.0963. The van der Waals surface area contributed by atoms with E-state index < -0.39 is 23.8 Å². The van der Waals surface area contributed by atoms with Crippen LogP contribution in [0.25, 0.3) is 0 Å². The first-order valence-corrected chi connectivity index (χ1v) is 10.00. The molecule has 0 aromatic carbocycles. The fourth-order valence-corrected chi connectivity index (χ4v) is 2.46. The number of likely N-dealkylation sites (N-methyl/N-ethyl adjacent to an activating group) is 1. The topological polar surface area (TPSA) is 142 Å². The van der Waals surface area contributed by atoms with Crippen molar-refractivity contribution in [1.82, 2.24) is 20.9 Å². The third-order valence-corrected chi connectivity index (χ3v) is 4.16. The average molecular weight is 424 g/mol. The molecular weight excluding hydrogens is 392 g/mol. The van der Waals surface area contributed by atoms with Gasteiger partial charge in [0.2, 0.25) is 17.7 Å². The molecule has 0 aromatic rings. The van der Waals surface area contributed by atoms with Crippen molar-refractivity contribution >= 4 is 35.4 Å². The van der Waals surface area contributed by atoms with Crippen LogP contribution in [0.3, 0.4) is 0 Å². The molecule has 30 heavy (non-hydrogen) atoms. The van der Waals surface area contributed by atoms with E-state index in [4.69, 9.17) is 0 Å². The third-order valence-electron chi connectivity index (χ3n) is 4.16. The maximum absolute atomic E-state index is 12.4. The lowest BCUT2D eigenvalue weighted by atomic mass is 10.1. The molecule has 0 rings (SSSR count). The van der Waals surface area contributed by atoms with Gasteiger partial charge >= 0.3 is 0 Å². The number of carbonyl (C=O) groups excluding carboxylic acids is 6. The van der Waals surface area contributed by atoms with Crippen LogP contribution in [0, 0.1) is 0 Å². The predicted molar refractivity (Wildman–Crippen MR) is 110 cm³/mol. The Morgan fingerprint density at radius 3 is 2.30 bits per heavy atom. The molecule has 0 saturated carbocycles. The average Bonchev–Trinajstić information content (AvgIpc) is 2.69. The van der Waals surface area contributed by atoms with E-state index in [-0.39, 0.29) is 37.7 Å². The van der Waals surface area contributed by atoms with E-state index in [1.54, 1.807) is 0 Å². The van der Waals surface area contributed by atoms with E-state index in [0.717, 1.165) is 25.3 Å². The lowest BCUT2D eigenvalue weighted by Crippen LogP contribution is -2.49. The molecule has 0 radical (unpaired) electrons. The van der Waals surface area contributed by atoms with E-state index in [0.29, 0.717) is 12.8 Å². The Morgan fingerprint density at radius 1 is 1.00 bits per heavy atom. The van der Waals surface area contributed by atoms with Crippen molar-refractivity contribution in [3.05, 3.63) is 6.08 Å². The number of carbonyl (C=O) groups is 5. The monoisotopic (exact) mass is 424 g/mol. The Kier molecular flexibility index (Phi) is 14.3. The van der Waals surface area contributed by atoms with Gasteiger partial charge in [0.15, 0.2) is 0 Å². The van der Waals surface area contributed by atoms with Gasteiger partial charge in [0.05, 0.1) is 19.2 Å². The van der Waals surface area contributed by atoms with Crippen molar-refractivity contribution in [1.29, 1.82) is 0 Å². The van der Waals surface area contributed by atoms with Crippen LogP contribution in [0.5, 0.6) is 0 Å². The van der Waals surface area contributed by atoms with E-state index in [1.165, 1.54) is 24.8 Å². The molecule has 3 N–H and O–H groups in total. The number of hydrogen-bond donors (Lipinski definition) is 3.